The minimum Gasteiger partial charge on any atom is -0.459 e. The molecule has 5 nitrogen and oxygen atoms in total. The molecule has 0 radical (unpaired) electrons. The molecule has 0 spiro atoms. The molecule has 1 aromatic heterocycles. The second kappa shape index (κ2) is 8.37. The van der Waals surface area contributed by atoms with E-state index in [1.54, 1.807) is 35.4 Å². The normalized spacial score (nSPS) is 15.0. The molecule has 0 bridgehead atoms. The van der Waals surface area contributed by atoms with Gasteiger partial charge in [-0.2, -0.15) is 0 Å². The summed E-state index contributed by atoms with van der Waals surface area (Å²) in [5.74, 6) is 0.588. The van der Waals surface area contributed by atoms with Crippen LogP contribution >= 0.6 is 0 Å². The fraction of sp³-hybridized carbons (Fsp3) is 0.167. The van der Waals surface area contributed by atoms with Crippen LogP contribution in [0.2, 0.25) is 0 Å². The first kappa shape index (κ1) is 19.6. The Morgan fingerprint density at radius 3 is 2.60 bits per heavy atom. The number of halogens is 1. The maximum absolute atomic E-state index is 13.1. The molecule has 2 aromatic carbocycles. The molecule has 0 saturated heterocycles. The van der Waals surface area contributed by atoms with Gasteiger partial charge in [-0.1, -0.05) is 24.3 Å². The van der Waals surface area contributed by atoms with Crippen molar-refractivity contribution in [2.45, 2.75) is 25.9 Å². The smallest absolute Gasteiger partial charge is 0.223 e. The van der Waals surface area contributed by atoms with E-state index in [0.29, 0.717) is 11.5 Å². The molecule has 1 aliphatic heterocycles. The molecule has 3 aromatic rings. The average Bonchev–Trinajstić information content (AvgIpc) is 3.22. The summed E-state index contributed by atoms with van der Waals surface area (Å²) in [7, 11) is 0. The fourth-order valence-corrected chi connectivity index (χ4v) is 3.59. The summed E-state index contributed by atoms with van der Waals surface area (Å²) in [5, 5.41) is 2.86. The summed E-state index contributed by atoms with van der Waals surface area (Å²) < 4.78 is 18.8. The molecule has 6 heteroatoms. The zero-order valence-corrected chi connectivity index (χ0v) is 16.5. The summed E-state index contributed by atoms with van der Waals surface area (Å²) in [6.45, 7) is 1.72. The van der Waals surface area contributed by atoms with Gasteiger partial charge < -0.3 is 14.6 Å². The third-order valence-corrected chi connectivity index (χ3v) is 5.10. The number of fused-ring (bicyclic) bond motifs is 1. The molecule has 1 unspecified atom stereocenters. The first-order valence-electron chi connectivity index (χ1n) is 9.68. The zero-order valence-electron chi connectivity index (χ0n) is 16.5. The lowest BCUT2D eigenvalue weighted by atomic mass is 9.93. The molecule has 1 aliphatic rings. The van der Waals surface area contributed by atoms with Crippen LogP contribution in [0.25, 0.3) is 17.4 Å². The molecule has 30 heavy (non-hydrogen) atoms. The first-order valence-corrected chi connectivity index (χ1v) is 9.68. The van der Waals surface area contributed by atoms with Crippen molar-refractivity contribution in [1.29, 1.82) is 0 Å². The largest absolute Gasteiger partial charge is 0.459 e. The Kier molecular flexibility index (Phi) is 5.48. The Hall–Kier alpha value is -3.67. The van der Waals surface area contributed by atoms with Gasteiger partial charge in [0.05, 0.1) is 19.0 Å². The number of hydrogen-bond donors (Lipinski definition) is 1. The van der Waals surface area contributed by atoms with Crippen molar-refractivity contribution in [2.24, 2.45) is 0 Å². The molecule has 4 rings (SSSR count). The number of nitrogens with zero attached hydrogens (tertiary/aromatic N) is 1. The minimum absolute atomic E-state index is 0.117. The number of benzene rings is 2. The van der Waals surface area contributed by atoms with Gasteiger partial charge in [0.15, 0.2) is 0 Å². The summed E-state index contributed by atoms with van der Waals surface area (Å²) in [4.78, 5) is 26.2. The Morgan fingerprint density at radius 2 is 1.83 bits per heavy atom. The molecule has 0 fully saturated rings. The standard InChI is InChI=1S/C24H21FN2O3/c1-16(28)27-13-12-17-4-2-3-5-21(17)22(27)14-24(29)26-15-20-10-11-23(30-20)18-6-8-19(25)9-7-18/h2-13,22H,14-15H2,1H3,(H,26,29). The first-order chi connectivity index (χ1) is 14.5. The number of hydrogen-bond acceptors (Lipinski definition) is 3. The fourth-order valence-electron chi connectivity index (χ4n) is 3.59. The molecule has 1 atom stereocenters. The van der Waals surface area contributed by atoms with Crippen molar-refractivity contribution in [2.75, 3.05) is 0 Å². The van der Waals surface area contributed by atoms with Crippen molar-refractivity contribution >= 4 is 17.9 Å². The van der Waals surface area contributed by atoms with Crippen LogP contribution in [0.3, 0.4) is 0 Å². The predicted octanol–water partition coefficient (Wildman–Crippen LogP) is 4.67. The molecular weight excluding hydrogens is 383 g/mol. The zero-order chi connectivity index (χ0) is 21.1. The molecule has 152 valence electrons. The van der Waals surface area contributed by atoms with Gasteiger partial charge in [0.25, 0.3) is 0 Å². The highest BCUT2D eigenvalue weighted by Gasteiger charge is 2.28. The highest BCUT2D eigenvalue weighted by molar-refractivity contribution is 5.81. The van der Waals surface area contributed by atoms with Gasteiger partial charge in [0.2, 0.25) is 11.8 Å². The number of nitrogens with one attached hydrogen (secondary N) is 1. The molecule has 1 N–H and O–H groups in total. The molecule has 0 saturated carbocycles. The van der Waals surface area contributed by atoms with Crippen LogP contribution in [-0.2, 0) is 16.1 Å². The lowest BCUT2D eigenvalue weighted by Gasteiger charge is -2.32. The molecule has 0 aliphatic carbocycles. The molecular formula is C24H21FN2O3. The Labute approximate surface area is 173 Å². The third-order valence-electron chi connectivity index (χ3n) is 5.10. The van der Waals surface area contributed by atoms with Crippen LogP contribution in [-0.4, -0.2) is 16.7 Å². The lowest BCUT2D eigenvalue weighted by Crippen LogP contribution is -2.35. The van der Waals surface area contributed by atoms with E-state index in [1.807, 2.05) is 30.3 Å². The van der Waals surface area contributed by atoms with Crippen LogP contribution < -0.4 is 5.32 Å². The summed E-state index contributed by atoms with van der Waals surface area (Å²) in [5.41, 5.74) is 2.71. The summed E-state index contributed by atoms with van der Waals surface area (Å²) in [6, 6.07) is 17.0. The Morgan fingerprint density at radius 1 is 1.07 bits per heavy atom. The summed E-state index contributed by atoms with van der Waals surface area (Å²) in [6.07, 6.45) is 3.75. The highest BCUT2D eigenvalue weighted by atomic mass is 19.1. The number of amides is 2. The number of carbonyl (C=O) groups excluding carboxylic acids is 2. The predicted molar refractivity (Wildman–Crippen MR) is 111 cm³/mol. The monoisotopic (exact) mass is 404 g/mol. The van der Waals surface area contributed by atoms with Crippen LogP contribution in [0.5, 0.6) is 0 Å². The maximum atomic E-state index is 13.1. The van der Waals surface area contributed by atoms with Crippen molar-refractivity contribution in [3.8, 4) is 11.3 Å². The number of rotatable bonds is 5. The molecule has 2 amide bonds. The van der Waals surface area contributed by atoms with E-state index in [2.05, 4.69) is 5.32 Å². The quantitative estimate of drug-likeness (QED) is 0.672. The van der Waals surface area contributed by atoms with E-state index in [-0.39, 0.29) is 36.6 Å². The van der Waals surface area contributed by atoms with Crippen LogP contribution in [0.4, 0.5) is 4.39 Å². The number of carbonyl (C=O) groups is 2. The minimum atomic E-state index is -0.352. The lowest BCUT2D eigenvalue weighted by molar-refractivity contribution is -0.130. The number of furan rings is 1. The SMILES string of the molecule is CC(=O)N1C=Cc2ccccc2C1CC(=O)NCc1ccc(-c2ccc(F)cc2)o1. The van der Waals surface area contributed by atoms with E-state index >= 15 is 0 Å². The Balaban J connectivity index is 1.41. The second-order valence-corrected chi connectivity index (χ2v) is 7.14. The van der Waals surface area contributed by atoms with E-state index in [9.17, 15) is 14.0 Å². The topological polar surface area (TPSA) is 62.6 Å². The van der Waals surface area contributed by atoms with Gasteiger partial charge in [-0.15, -0.1) is 0 Å². The average molecular weight is 404 g/mol. The van der Waals surface area contributed by atoms with Gasteiger partial charge in [-0.05, 0) is 53.6 Å². The van der Waals surface area contributed by atoms with Crippen LogP contribution in [0.1, 0.15) is 36.3 Å². The van der Waals surface area contributed by atoms with Crippen LogP contribution in [0.15, 0.2) is 71.3 Å². The summed E-state index contributed by atoms with van der Waals surface area (Å²) >= 11 is 0. The van der Waals surface area contributed by atoms with Gasteiger partial charge in [-0.25, -0.2) is 4.39 Å². The van der Waals surface area contributed by atoms with Crippen molar-refractivity contribution in [3.05, 3.63) is 89.6 Å². The van der Waals surface area contributed by atoms with E-state index in [1.165, 1.54) is 19.1 Å². The van der Waals surface area contributed by atoms with Crippen molar-refractivity contribution in [3.63, 3.8) is 0 Å². The van der Waals surface area contributed by atoms with Crippen molar-refractivity contribution < 1.29 is 18.4 Å². The third kappa shape index (κ3) is 4.17. The molecule has 2 heterocycles. The van der Waals surface area contributed by atoms with E-state index in [0.717, 1.165) is 16.7 Å². The van der Waals surface area contributed by atoms with Gasteiger partial charge >= 0.3 is 0 Å². The van der Waals surface area contributed by atoms with Gasteiger partial charge in [0.1, 0.15) is 17.3 Å². The van der Waals surface area contributed by atoms with E-state index in [4.69, 9.17) is 4.42 Å². The van der Waals surface area contributed by atoms with Gasteiger partial charge in [0, 0.05) is 18.7 Å². The van der Waals surface area contributed by atoms with E-state index < -0.39 is 0 Å². The van der Waals surface area contributed by atoms with Crippen LogP contribution in [0, 0.1) is 5.82 Å². The second-order valence-electron chi connectivity index (χ2n) is 7.14. The van der Waals surface area contributed by atoms with Gasteiger partial charge in [-0.3, -0.25) is 9.59 Å². The maximum Gasteiger partial charge on any atom is 0.223 e. The Bertz CT molecular complexity index is 1100. The van der Waals surface area contributed by atoms with Crippen molar-refractivity contribution in [1.82, 2.24) is 10.2 Å². The highest BCUT2D eigenvalue weighted by Crippen LogP contribution is 2.32.